The quantitative estimate of drug-likeness (QED) is 0.630. The van der Waals surface area contributed by atoms with Gasteiger partial charge in [-0.3, -0.25) is 9.59 Å². The van der Waals surface area contributed by atoms with Gasteiger partial charge in [0.05, 0.1) is 0 Å². The maximum absolute atomic E-state index is 12.3. The van der Waals surface area contributed by atoms with Crippen molar-refractivity contribution in [3.8, 4) is 0 Å². The number of ketones is 2. The van der Waals surface area contributed by atoms with Crippen molar-refractivity contribution < 1.29 is 9.59 Å². The van der Waals surface area contributed by atoms with Crippen molar-refractivity contribution in [3.63, 3.8) is 0 Å². The zero-order valence-electron chi connectivity index (χ0n) is 13.1. The van der Waals surface area contributed by atoms with Gasteiger partial charge in [-0.05, 0) is 50.0 Å². The van der Waals surface area contributed by atoms with Gasteiger partial charge in [-0.1, -0.05) is 31.1 Å². The van der Waals surface area contributed by atoms with Gasteiger partial charge in [0.2, 0.25) is 0 Å². The second-order valence-corrected chi connectivity index (χ2v) is 7.96. The largest absolute Gasteiger partial charge is 0.299 e. The molecule has 2 fully saturated rings. The lowest BCUT2D eigenvalue weighted by Gasteiger charge is -2.52. The lowest BCUT2D eigenvalue weighted by Crippen LogP contribution is -2.44. The normalized spacial score (nSPS) is 45.4. The van der Waals surface area contributed by atoms with Crippen LogP contribution in [-0.4, -0.2) is 11.6 Å². The fraction of sp³-hybridized carbons (Fsp3) is 0.684. The molecule has 2 nitrogen and oxygen atoms in total. The number of carbonyl (C=O) groups excluding carboxylic acids is 2. The van der Waals surface area contributed by atoms with Crippen LogP contribution in [0.5, 0.6) is 0 Å². The molecular formula is C19H24O2. The van der Waals surface area contributed by atoms with Gasteiger partial charge in [0.25, 0.3) is 0 Å². The van der Waals surface area contributed by atoms with Crippen molar-refractivity contribution in [2.24, 2.45) is 22.7 Å². The summed E-state index contributed by atoms with van der Waals surface area (Å²) in [6.45, 7) is 4.53. The molecule has 0 aliphatic heterocycles. The van der Waals surface area contributed by atoms with Crippen molar-refractivity contribution in [3.05, 3.63) is 23.3 Å². The molecule has 2 saturated carbocycles. The van der Waals surface area contributed by atoms with Gasteiger partial charge in [-0.25, -0.2) is 0 Å². The summed E-state index contributed by atoms with van der Waals surface area (Å²) in [5, 5.41) is 0. The van der Waals surface area contributed by atoms with Crippen LogP contribution in [0.3, 0.4) is 0 Å². The third-order valence-corrected chi connectivity index (χ3v) is 7.05. The van der Waals surface area contributed by atoms with Gasteiger partial charge >= 0.3 is 0 Å². The van der Waals surface area contributed by atoms with Crippen molar-refractivity contribution in [1.29, 1.82) is 0 Å². The van der Waals surface area contributed by atoms with Crippen LogP contribution in [0.1, 0.15) is 58.8 Å². The molecule has 0 bridgehead atoms. The van der Waals surface area contributed by atoms with E-state index in [1.165, 1.54) is 5.57 Å². The maximum Gasteiger partial charge on any atom is 0.155 e. The number of Topliss-reactive ketones (excluding diaryl/α,β-unsaturated/α-hetero) is 1. The monoisotopic (exact) mass is 284 g/mol. The number of carbonyl (C=O) groups is 2. The van der Waals surface area contributed by atoms with E-state index in [9.17, 15) is 9.59 Å². The Labute approximate surface area is 126 Å². The minimum atomic E-state index is -0.101. The van der Waals surface area contributed by atoms with Crippen LogP contribution in [0.2, 0.25) is 0 Å². The number of hydrogen-bond donors (Lipinski definition) is 0. The van der Waals surface area contributed by atoms with Gasteiger partial charge < -0.3 is 0 Å². The molecule has 21 heavy (non-hydrogen) atoms. The van der Waals surface area contributed by atoms with E-state index in [0.717, 1.165) is 38.5 Å². The Balaban J connectivity index is 1.78. The molecule has 4 rings (SSSR count). The van der Waals surface area contributed by atoms with E-state index in [1.807, 2.05) is 6.08 Å². The molecule has 4 aliphatic rings. The topological polar surface area (TPSA) is 34.1 Å². The van der Waals surface area contributed by atoms with Crippen molar-refractivity contribution >= 4 is 11.6 Å². The van der Waals surface area contributed by atoms with Gasteiger partial charge in [-0.2, -0.15) is 0 Å². The highest BCUT2D eigenvalue weighted by molar-refractivity contribution is 5.92. The van der Waals surface area contributed by atoms with Crippen LogP contribution in [0.15, 0.2) is 23.3 Å². The summed E-state index contributed by atoms with van der Waals surface area (Å²) >= 11 is 0. The van der Waals surface area contributed by atoms with Crippen molar-refractivity contribution in [1.82, 2.24) is 0 Å². The molecule has 0 aromatic rings. The first-order valence-corrected chi connectivity index (χ1v) is 8.43. The number of rotatable bonds is 0. The molecule has 0 aromatic heterocycles. The SMILES string of the molecule is C[C@]12CCC(=O)C=C1CCC1C2=CC[C@]2(C)C(=O)CC[C@@H]12. The van der Waals surface area contributed by atoms with Crippen LogP contribution >= 0.6 is 0 Å². The molecule has 0 spiro atoms. The van der Waals surface area contributed by atoms with E-state index in [0.29, 0.717) is 29.8 Å². The van der Waals surface area contributed by atoms with E-state index in [1.54, 1.807) is 5.57 Å². The summed E-state index contributed by atoms with van der Waals surface area (Å²) in [6.07, 6.45) is 10.9. The first kappa shape index (κ1) is 13.5. The molecule has 4 atom stereocenters. The highest BCUT2D eigenvalue weighted by atomic mass is 16.1. The Morgan fingerprint density at radius 2 is 1.90 bits per heavy atom. The average molecular weight is 284 g/mol. The first-order valence-electron chi connectivity index (χ1n) is 8.43. The Hall–Kier alpha value is -1.18. The van der Waals surface area contributed by atoms with E-state index in [4.69, 9.17) is 0 Å². The van der Waals surface area contributed by atoms with Gasteiger partial charge in [0.15, 0.2) is 5.78 Å². The Morgan fingerprint density at radius 3 is 2.71 bits per heavy atom. The van der Waals surface area contributed by atoms with Crippen molar-refractivity contribution in [2.45, 2.75) is 58.8 Å². The summed E-state index contributed by atoms with van der Waals surface area (Å²) < 4.78 is 0. The fourth-order valence-electron chi connectivity index (χ4n) is 5.64. The van der Waals surface area contributed by atoms with Crippen molar-refractivity contribution in [2.75, 3.05) is 0 Å². The standard InChI is InChI=1S/C19H24O2/c1-18-9-7-13(20)11-12(18)3-4-14-15-5-6-17(21)19(15,2)10-8-16(14)18/h8,11,14-15H,3-7,9-10H2,1-2H3/t14?,15-,18-,19-/m0/s1. The summed E-state index contributed by atoms with van der Waals surface area (Å²) in [6, 6.07) is 0. The molecule has 0 N–H and O–H groups in total. The summed E-state index contributed by atoms with van der Waals surface area (Å²) in [5.41, 5.74) is 2.92. The third kappa shape index (κ3) is 1.65. The van der Waals surface area contributed by atoms with Crippen LogP contribution in [0, 0.1) is 22.7 Å². The zero-order valence-corrected chi connectivity index (χ0v) is 13.1. The molecule has 1 unspecified atom stereocenters. The lowest BCUT2D eigenvalue weighted by atomic mass is 9.52. The van der Waals surface area contributed by atoms with Crippen LogP contribution in [-0.2, 0) is 9.59 Å². The molecule has 0 heterocycles. The molecule has 0 aromatic carbocycles. The maximum atomic E-state index is 12.3. The van der Waals surface area contributed by atoms with E-state index >= 15 is 0 Å². The van der Waals surface area contributed by atoms with Crippen LogP contribution in [0.25, 0.3) is 0 Å². The van der Waals surface area contributed by atoms with Gasteiger partial charge in [0.1, 0.15) is 5.78 Å². The fourth-order valence-corrected chi connectivity index (χ4v) is 5.64. The predicted octanol–water partition coefficient (Wildman–Crippen LogP) is 4.01. The molecule has 4 aliphatic carbocycles. The van der Waals surface area contributed by atoms with Gasteiger partial charge in [0, 0.05) is 23.7 Å². The Kier molecular flexibility index (Phi) is 2.68. The number of hydrogen-bond acceptors (Lipinski definition) is 2. The Morgan fingerprint density at radius 1 is 1.10 bits per heavy atom. The highest BCUT2D eigenvalue weighted by Gasteiger charge is 2.55. The lowest BCUT2D eigenvalue weighted by molar-refractivity contribution is -0.127. The molecule has 0 saturated heterocycles. The molecule has 0 amide bonds. The van der Waals surface area contributed by atoms with E-state index < -0.39 is 0 Å². The zero-order chi connectivity index (χ0) is 14.8. The molecule has 0 radical (unpaired) electrons. The first-order chi connectivity index (χ1) is 9.95. The minimum Gasteiger partial charge on any atom is -0.299 e. The second-order valence-electron chi connectivity index (χ2n) is 7.96. The summed E-state index contributed by atoms with van der Waals surface area (Å²) in [5.74, 6) is 1.90. The highest BCUT2D eigenvalue weighted by Crippen LogP contribution is 2.62. The molecular weight excluding hydrogens is 260 g/mol. The summed E-state index contributed by atoms with van der Waals surface area (Å²) in [4.78, 5) is 24.1. The molecule has 112 valence electrons. The van der Waals surface area contributed by atoms with Crippen LogP contribution < -0.4 is 0 Å². The minimum absolute atomic E-state index is 0.101. The Bertz CT molecular complexity index is 597. The van der Waals surface area contributed by atoms with E-state index in [2.05, 4.69) is 19.9 Å². The number of allylic oxidation sites excluding steroid dienone is 4. The van der Waals surface area contributed by atoms with Gasteiger partial charge in [-0.15, -0.1) is 0 Å². The molecule has 2 heteroatoms. The third-order valence-electron chi connectivity index (χ3n) is 7.05. The smallest absolute Gasteiger partial charge is 0.155 e. The summed E-state index contributed by atoms with van der Waals surface area (Å²) in [7, 11) is 0. The average Bonchev–Trinajstić information content (AvgIpc) is 2.76. The number of fused-ring (bicyclic) bond motifs is 5. The second kappa shape index (κ2) is 4.18. The van der Waals surface area contributed by atoms with E-state index in [-0.39, 0.29) is 10.8 Å². The predicted molar refractivity (Wildman–Crippen MR) is 81.7 cm³/mol. The van der Waals surface area contributed by atoms with Crippen LogP contribution in [0.4, 0.5) is 0 Å².